The first kappa shape index (κ1) is 16.9. The van der Waals surface area contributed by atoms with Crippen LogP contribution >= 0.6 is 0 Å². The Morgan fingerprint density at radius 1 is 1.05 bits per heavy atom. The Hall–Kier alpha value is -1.20. The molecule has 1 aromatic carbocycles. The molecule has 0 amide bonds. The van der Waals surface area contributed by atoms with Crippen LogP contribution in [0.5, 0.6) is 0 Å². The van der Waals surface area contributed by atoms with Gasteiger partial charge in [-0.15, -0.1) is 0 Å². The molecule has 5 heteroatoms. The van der Waals surface area contributed by atoms with Crippen molar-refractivity contribution >= 4 is 15.9 Å². The zero-order valence-electron chi connectivity index (χ0n) is 11.8. The van der Waals surface area contributed by atoms with Gasteiger partial charge in [0.05, 0.1) is 0 Å². The van der Waals surface area contributed by atoms with E-state index in [1.54, 1.807) is 6.07 Å². The molecule has 1 rings (SSSR count). The van der Waals surface area contributed by atoms with E-state index in [0.717, 1.165) is 19.3 Å². The van der Waals surface area contributed by atoms with Crippen LogP contribution in [-0.2, 0) is 10.1 Å². The van der Waals surface area contributed by atoms with Crippen molar-refractivity contribution in [3.8, 4) is 0 Å². The second kappa shape index (κ2) is 8.17. The third-order valence-electron chi connectivity index (χ3n) is 3.22. The van der Waals surface area contributed by atoms with E-state index in [9.17, 15) is 13.2 Å². The molecule has 0 heterocycles. The Balaban J connectivity index is 2.56. The van der Waals surface area contributed by atoms with Gasteiger partial charge >= 0.3 is 0 Å². The van der Waals surface area contributed by atoms with Gasteiger partial charge in [0.1, 0.15) is 4.90 Å². The van der Waals surface area contributed by atoms with Crippen LogP contribution in [0.3, 0.4) is 0 Å². The van der Waals surface area contributed by atoms with Gasteiger partial charge < -0.3 is 0 Å². The lowest BCUT2D eigenvalue weighted by Crippen LogP contribution is -2.08. The van der Waals surface area contributed by atoms with Crippen molar-refractivity contribution in [3.63, 3.8) is 0 Å². The quantitative estimate of drug-likeness (QED) is 0.427. The van der Waals surface area contributed by atoms with Crippen LogP contribution in [0, 0.1) is 0 Å². The molecular weight excluding hydrogens is 276 g/mol. The maximum Gasteiger partial charge on any atom is 0.295 e. The maximum absolute atomic E-state index is 12.0. The molecule has 20 heavy (non-hydrogen) atoms. The lowest BCUT2D eigenvalue weighted by atomic mass is 10.0. The van der Waals surface area contributed by atoms with Gasteiger partial charge in [0.2, 0.25) is 0 Å². The molecule has 4 nitrogen and oxygen atoms in total. The molecular formula is C15H22O4S. The first-order valence-corrected chi connectivity index (χ1v) is 8.50. The summed E-state index contributed by atoms with van der Waals surface area (Å²) in [5.41, 5.74) is 0.0866. The Labute approximate surface area is 121 Å². The Kier molecular flexibility index (Phi) is 6.88. The standard InChI is InChI=1S/C15H22O4S/c1-2-3-4-5-6-7-11-14(16)13-10-8-9-12-15(13)20(17,18)19/h8-10,12H,2-7,11H2,1H3,(H,17,18,19). The number of carbonyl (C=O) groups is 1. The lowest BCUT2D eigenvalue weighted by Gasteiger charge is -2.06. The van der Waals surface area contributed by atoms with E-state index in [1.807, 2.05) is 0 Å². The molecule has 0 aliphatic heterocycles. The van der Waals surface area contributed by atoms with E-state index in [1.165, 1.54) is 37.5 Å². The van der Waals surface area contributed by atoms with Gasteiger partial charge in [0, 0.05) is 12.0 Å². The van der Waals surface area contributed by atoms with Gasteiger partial charge in [-0.25, -0.2) is 0 Å². The number of rotatable bonds is 9. The van der Waals surface area contributed by atoms with Gasteiger partial charge in [0.25, 0.3) is 10.1 Å². The van der Waals surface area contributed by atoms with E-state index < -0.39 is 10.1 Å². The van der Waals surface area contributed by atoms with Crippen LogP contribution in [0.2, 0.25) is 0 Å². The Morgan fingerprint density at radius 3 is 2.30 bits per heavy atom. The number of hydrogen-bond acceptors (Lipinski definition) is 3. The summed E-state index contributed by atoms with van der Waals surface area (Å²) < 4.78 is 31.5. The third-order valence-corrected chi connectivity index (χ3v) is 4.13. The van der Waals surface area contributed by atoms with Crippen molar-refractivity contribution in [2.45, 2.75) is 56.8 Å². The van der Waals surface area contributed by atoms with Crippen LogP contribution in [0.4, 0.5) is 0 Å². The van der Waals surface area contributed by atoms with E-state index in [4.69, 9.17) is 4.55 Å². The summed E-state index contributed by atoms with van der Waals surface area (Å²) >= 11 is 0. The zero-order valence-corrected chi connectivity index (χ0v) is 12.7. The minimum absolute atomic E-state index is 0.0866. The summed E-state index contributed by atoms with van der Waals surface area (Å²) in [6.07, 6.45) is 6.70. The summed E-state index contributed by atoms with van der Waals surface area (Å²) in [5.74, 6) is -0.228. The molecule has 112 valence electrons. The van der Waals surface area contributed by atoms with Crippen molar-refractivity contribution in [2.75, 3.05) is 0 Å². The number of unbranched alkanes of at least 4 members (excludes halogenated alkanes) is 5. The molecule has 0 unspecified atom stereocenters. The molecule has 0 spiro atoms. The fraction of sp³-hybridized carbons (Fsp3) is 0.533. The van der Waals surface area contributed by atoms with Gasteiger partial charge in [-0.3, -0.25) is 9.35 Å². The number of hydrogen-bond donors (Lipinski definition) is 1. The van der Waals surface area contributed by atoms with Crippen molar-refractivity contribution in [3.05, 3.63) is 29.8 Å². The van der Waals surface area contributed by atoms with Gasteiger partial charge in [0.15, 0.2) is 5.78 Å². The monoisotopic (exact) mass is 298 g/mol. The minimum atomic E-state index is -4.34. The average molecular weight is 298 g/mol. The van der Waals surface area contributed by atoms with Crippen LogP contribution in [-0.4, -0.2) is 18.8 Å². The highest BCUT2D eigenvalue weighted by molar-refractivity contribution is 7.86. The SMILES string of the molecule is CCCCCCCCC(=O)c1ccccc1S(=O)(=O)O. The van der Waals surface area contributed by atoms with E-state index >= 15 is 0 Å². The largest absolute Gasteiger partial charge is 0.295 e. The first-order valence-electron chi connectivity index (χ1n) is 7.06. The van der Waals surface area contributed by atoms with Gasteiger partial charge in [-0.1, -0.05) is 57.2 Å². The molecule has 0 aliphatic carbocycles. The van der Waals surface area contributed by atoms with Crippen molar-refractivity contribution in [2.24, 2.45) is 0 Å². The van der Waals surface area contributed by atoms with Gasteiger partial charge in [-0.2, -0.15) is 8.42 Å². The normalized spacial score (nSPS) is 11.5. The number of ketones is 1. The summed E-state index contributed by atoms with van der Waals surface area (Å²) in [5, 5.41) is 0. The predicted octanol–water partition coefficient (Wildman–Crippen LogP) is 3.87. The van der Waals surface area contributed by atoms with Crippen molar-refractivity contribution < 1.29 is 17.8 Å². The van der Waals surface area contributed by atoms with Crippen LogP contribution < -0.4 is 0 Å². The third kappa shape index (κ3) is 5.43. The molecule has 0 aliphatic rings. The Morgan fingerprint density at radius 2 is 1.65 bits per heavy atom. The van der Waals surface area contributed by atoms with Gasteiger partial charge in [-0.05, 0) is 12.5 Å². The van der Waals surface area contributed by atoms with Crippen LogP contribution in [0.25, 0.3) is 0 Å². The number of benzene rings is 1. The van der Waals surface area contributed by atoms with E-state index in [-0.39, 0.29) is 16.2 Å². The summed E-state index contributed by atoms with van der Waals surface area (Å²) in [6, 6.07) is 5.79. The highest BCUT2D eigenvalue weighted by Crippen LogP contribution is 2.18. The molecule has 1 N–H and O–H groups in total. The highest BCUT2D eigenvalue weighted by Gasteiger charge is 2.19. The summed E-state index contributed by atoms with van der Waals surface area (Å²) in [7, 11) is -4.34. The van der Waals surface area contributed by atoms with E-state index in [2.05, 4.69) is 6.92 Å². The van der Waals surface area contributed by atoms with Crippen molar-refractivity contribution in [1.82, 2.24) is 0 Å². The molecule has 1 aromatic rings. The first-order chi connectivity index (χ1) is 9.46. The molecule has 0 aromatic heterocycles. The zero-order chi connectivity index (χ0) is 15.0. The molecule has 0 atom stereocenters. The maximum atomic E-state index is 12.0. The molecule has 0 fully saturated rings. The highest BCUT2D eigenvalue weighted by atomic mass is 32.2. The fourth-order valence-electron chi connectivity index (χ4n) is 2.12. The Bertz CT molecular complexity index is 535. The molecule has 0 saturated heterocycles. The number of carbonyl (C=O) groups excluding carboxylic acids is 1. The second-order valence-corrected chi connectivity index (χ2v) is 6.30. The second-order valence-electron chi connectivity index (χ2n) is 4.91. The summed E-state index contributed by atoms with van der Waals surface area (Å²) in [4.78, 5) is 11.7. The van der Waals surface area contributed by atoms with E-state index in [0.29, 0.717) is 6.42 Å². The predicted molar refractivity (Wildman–Crippen MR) is 78.6 cm³/mol. The topological polar surface area (TPSA) is 71.4 Å². The van der Waals surface area contributed by atoms with Crippen LogP contribution in [0.1, 0.15) is 62.2 Å². The van der Waals surface area contributed by atoms with Crippen molar-refractivity contribution in [1.29, 1.82) is 0 Å². The average Bonchev–Trinajstić information content (AvgIpc) is 2.41. The fourth-order valence-corrected chi connectivity index (χ4v) is 2.83. The lowest BCUT2D eigenvalue weighted by molar-refractivity contribution is 0.0975. The molecule has 0 bridgehead atoms. The number of Topliss-reactive ketones (excluding diaryl/α,β-unsaturated/α-hetero) is 1. The molecule has 0 radical (unpaired) electrons. The summed E-state index contributed by atoms with van der Waals surface area (Å²) in [6.45, 7) is 2.15. The minimum Gasteiger partial charge on any atom is -0.294 e. The smallest absolute Gasteiger partial charge is 0.294 e. The molecule has 0 saturated carbocycles. The van der Waals surface area contributed by atoms with Crippen LogP contribution in [0.15, 0.2) is 29.2 Å².